The number of aliphatic hydroxyl groups excluding tert-OH is 1. The third-order valence-corrected chi connectivity index (χ3v) is 2.88. The highest BCUT2D eigenvalue weighted by atomic mass is 19.4. The predicted octanol–water partition coefficient (Wildman–Crippen LogP) is 1.58. The molecule has 6 heteroatoms. The number of nitrogens with zero attached hydrogens (tertiary/aromatic N) is 1. The molecule has 1 fully saturated rings. The number of nitrogens with one attached hydrogen (secondary N) is 1. The lowest BCUT2D eigenvalue weighted by Crippen LogP contribution is -2.45. The van der Waals surface area contributed by atoms with Crippen molar-refractivity contribution in [1.29, 1.82) is 5.26 Å². The van der Waals surface area contributed by atoms with Gasteiger partial charge in [-0.05, 0) is 12.8 Å². The summed E-state index contributed by atoms with van der Waals surface area (Å²) in [4.78, 5) is 0. The van der Waals surface area contributed by atoms with Gasteiger partial charge in [0.2, 0.25) is 0 Å². The van der Waals surface area contributed by atoms with E-state index in [1.54, 1.807) is 0 Å². The van der Waals surface area contributed by atoms with Crippen molar-refractivity contribution in [2.75, 3.05) is 6.54 Å². The van der Waals surface area contributed by atoms with Crippen LogP contribution in [0.1, 0.15) is 25.7 Å². The fourth-order valence-electron chi connectivity index (χ4n) is 1.91. The van der Waals surface area contributed by atoms with Crippen LogP contribution >= 0.6 is 0 Å². The molecule has 16 heavy (non-hydrogen) atoms. The van der Waals surface area contributed by atoms with Gasteiger partial charge in [0.15, 0.2) is 6.10 Å². The van der Waals surface area contributed by atoms with E-state index in [4.69, 9.17) is 10.4 Å². The molecule has 3 atom stereocenters. The van der Waals surface area contributed by atoms with Gasteiger partial charge in [-0.2, -0.15) is 18.4 Å². The summed E-state index contributed by atoms with van der Waals surface area (Å²) in [6.45, 7) is -0.535. The fourth-order valence-corrected chi connectivity index (χ4v) is 1.91. The summed E-state index contributed by atoms with van der Waals surface area (Å²) in [5.74, 6) is -0.241. The second-order valence-electron chi connectivity index (χ2n) is 4.09. The molecule has 0 aromatic rings. The van der Waals surface area contributed by atoms with Crippen molar-refractivity contribution >= 4 is 0 Å². The van der Waals surface area contributed by atoms with Crippen LogP contribution in [0.15, 0.2) is 0 Å². The van der Waals surface area contributed by atoms with Crippen LogP contribution in [-0.2, 0) is 0 Å². The molecule has 0 aromatic heterocycles. The Balaban J connectivity index is 2.39. The van der Waals surface area contributed by atoms with Crippen LogP contribution in [0.3, 0.4) is 0 Å². The monoisotopic (exact) mass is 236 g/mol. The van der Waals surface area contributed by atoms with E-state index in [0.29, 0.717) is 6.42 Å². The molecule has 1 saturated carbocycles. The highest BCUT2D eigenvalue weighted by molar-refractivity contribution is 4.94. The quantitative estimate of drug-likeness (QED) is 0.782. The third-order valence-electron chi connectivity index (χ3n) is 2.88. The summed E-state index contributed by atoms with van der Waals surface area (Å²) in [6, 6.07) is 1.86. The van der Waals surface area contributed by atoms with Crippen molar-refractivity contribution in [2.24, 2.45) is 5.92 Å². The van der Waals surface area contributed by atoms with Crippen molar-refractivity contribution in [3.63, 3.8) is 0 Å². The summed E-state index contributed by atoms with van der Waals surface area (Å²) in [7, 11) is 0. The van der Waals surface area contributed by atoms with E-state index >= 15 is 0 Å². The van der Waals surface area contributed by atoms with Crippen LogP contribution in [0.5, 0.6) is 0 Å². The molecule has 92 valence electrons. The molecule has 0 heterocycles. The zero-order chi connectivity index (χ0) is 12.2. The van der Waals surface area contributed by atoms with E-state index in [0.717, 1.165) is 19.3 Å². The SMILES string of the molecule is N#CC1CCCCC1NCC(O)C(F)(F)F. The van der Waals surface area contributed by atoms with Gasteiger partial charge in [0.05, 0.1) is 12.0 Å². The minimum absolute atomic E-state index is 0.226. The van der Waals surface area contributed by atoms with Crippen molar-refractivity contribution in [2.45, 2.75) is 44.0 Å². The number of rotatable bonds is 3. The lowest BCUT2D eigenvalue weighted by atomic mass is 9.85. The lowest BCUT2D eigenvalue weighted by Gasteiger charge is -2.28. The van der Waals surface area contributed by atoms with Gasteiger partial charge < -0.3 is 10.4 Å². The number of alkyl halides is 3. The van der Waals surface area contributed by atoms with Crippen LogP contribution in [0.2, 0.25) is 0 Å². The smallest absolute Gasteiger partial charge is 0.382 e. The van der Waals surface area contributed by atoms with Gasteiger partial charge in [-0.25, -0.2) is 0 Å². The van der Waals surface area contributed by atoms with Gasteiger partial charge >= 0.3 is 6.18 Å². The topological polar surface area (TPSA) is 56.0 Å². The largest absolute Gasteiger partial charge is 0.415 e. The minimum atomic E-state index is -4.59. The summed E-state index contributed by atoms with van der Waals surface area (Å²) in [6.07, 6.45) is -3.67. The van der Waals surface area contributed by atoms with Gasteiger partial charge in [0.25, 0.3) is 0 Å². The van der Waals surface area contributed by atoms with Gasteiger partial charge in [-0.1, -0.05) is 12.8 Å². The van der Waals surface area contributed by atoms with Crippen molar-refractivity contribution in [3.05, 3.63) is 0 Å². The maximum atomic E-state index is 12.0. The third kappa shape index (κ3) is 3.65. The number of hydrogen-bond acceptors (Lipinski definition) is 3. The molecule has 2 N–H and O–H groups in total. The Hall–Kier alpha value is -0.800. The Morgan fingerprint density at radius 2 is 2.00 bits per heavy atom. The molecule has 0 aromatic carbocycles. The molecular formula is C10H15F3N2O. The van der Waals surface area contributed by atoms with E-state index < -0.39 is 18.8 Å². The first-order valence-electron chi connectivity index (χ1n) is 5.33. The molecule has 1 aliphatic carbocycles. The summed E-state index contributed by atoms with van der Waals surface area (Å²) in [5.41, 5.74) is 0. The first-order valence-corrected chi connectivity index (χ1v) is 5.33. The molecule has 0 aliphatic heterocycles. The molecule has 0 radical (unpaired) electrons. The molecule has 0 saturated heterocycles. The van der Waals surface area contributed by atoms with E-state index in [1.807, 2.05) is 0 Å². The first kappa shape index (κ1) is 13.3. The molecule has 0 bridgehead atoms. The van der Waals surface area contributed by atoms with Gasteiger partial charge in [0, 0.05) is 12.6 Å². The molecular weight excluding hydrogens is 221 g/mol. The van der Waals surface area contributed by atoms with Gasteiger partial charge in [0.1, 0.15) is 0 Å². The Morgan fingerprint density at radius 3 is 2.56 bits per heavy atom. The average Bonchev–Trinajstić information content (AvgIpc) is 2.24. The maximum absolute atomic E-state index is 12.0. The van der Waals surface area contributed by atoms with E-state index in [1.165, 1.54) is 0 Å². The van der Waals surface area contributed by atoms with E-state index in [-0.39, 0.29) is 12.0 Å². The maximum Gasteiger partial charge on any atom is 0.415 e. The summed E-state index contributed by atoms with van der Waals surface area (Å²) < 4.78 is 36.1. The van der Waals surface area contributed by atoms with E-state index in [2.05, 4.69) is 11.4 Å². The molecule has 1 rings (SSSR count). The molecule has 3 unspecified atom stereocenters. The second kappa shape index (κ2) is 5.51. The normalized spacial score (nSPS) is 28.4. The molecule has 3 nitrogen and oxygen atoms in total. The van der Waals surface area contributed by atoms with Crippen molar-refractivity contribution in [3.8, 4) is 6.07 Å². The number of halogens is 3. The Morgan fingerprint density at radius 1 is 1.38 bits per heavy atom. The zero-order valence-corrected chi connectivity index (χ0v) is 8.80. The van der Waals surface area contributed by atoms with Crippen molar-refractivity contribution < 1.29 is 18.3 Å². The van der Waals surface area contributed by atoms with Gasteiger partial charge in [-0.3, -0.25) is 0 Å². The zero-order valence-electron chi connectivity index (χ0n) is 8.80. The minimum Gasteiger partial charge on any atom is -0.382 e. The number of nitriles is 1. The number of hydrogen-bond donors (Lipinski definition) is 2. The molecule has 0 spiro atoms. The fraction of sp³-hybridized carbons (Fsp3) is 0.900. The predicted molar refractivity (Wildman–Crippen MR) is 51.4 cm³/mol. The van der Waals surface area contributed by atoms with Crippen LogP contribution < -0.4 is 5.32 Å². The van der Waals surface area contributed by atoms with Gasteiger partial charge in [-0.15, -0.1) is 0 Å². The van der Waals surface area contributed by atoms with Crippen LogP contribution in [0.25, 0.3) is 0 Å². The molecule has 1 aliphatic rings. The highest BCUT2D eigenvalue weighted by Gasteiger charge is 2.38. The summed E-state index contributed by atoms with van der Waals surface area (Å²) >= 11 is 0. The standard InChI is InChI=1S/C10H15F3N2O/c11-10(12,13)9(16)6-15-8-4-2-1-3-7(8)5-14/h7-9,15-16H,1-4,6H2. The van der Waals surface area contributed by atoms with Crippen molar-refractivity contribution in [1.82, 2.24) is 5.32 Å². The average molecular weight is 236 g/mol. The number of aliphatic hydroxyl groups is 1. The Bertz CT molecular complexity index is 262. The van der Waals surface area contributed by atoms with E-state index in [9.17, 15) is 13.2 Å². The molecule has 0 amide bonds. The summed E-state index contributed by atoms with van der Waals surface area (Å²) in [5, 5.41) is 20.3. The van der Waals surface area contributed by atoms with Crippen LogP contribution in [0, 0.1) is 17.2 Å². The van der Waals surface area contributed by atoms with Crippen LogP contribution in [0.4, 0.5) is 13.2 Å². The Kier molecular flexibility index (Phi) is 4.56. The Labute approximate surface area is 92.3 Å². The van der Waals surface area contributed by atoms with Crippen LogP contribution in [-0.4, -0.2) is 30.0 Å². The lowest BCUT2D eigenvalue weighted by molar-refractivity contribution is -0.202. The highest BCUT2D eigenvalue weighted by Crippen LogP contribution is 2.25. The first-order chi connectivity index (χ1) is 7.45. The second-order valence-corrected chi connectivity index (χ2v) is 4.09.